The molecule has 1 aromatic heterocycles. The standard InChI is InChI=1S/C17H21NO/c1-4-14-11-18-9-8-15(14)17(19)10-16-12(2)6-5-7-13(16)3/h5-9,11,17,19H,4,10H2,1-3H3. The van der Waals surface area contributed by atoms with Crippen LogP contribution < -0.4 is 0 Å². The van der Waals surface area contributed by atoms with Gasteiger partial charge < -0.3 is 5.11 Å². The van der Waals surface area contributed by atoms with Crippen LogP contribution in [-0.2, 0) is 12.8 Å². The van der Waals surface area contributed by atoms with Gasteiger partial charge in [-0.05, 0) is 54.2 Å². The zero-order valence-electron chi connectivity index (χ0n) is 11.9. The smallest absolute Gasteiger partial charge is 0.0834 e. The topological polar surface area (TPSA) is 33.1 Å². The van der Waals surface area contributed by atoms with Crippen LogP contribution in [0, 0.1) is 13.8 Å². The molecule has 1 heterocycles. The van der Waals surface area contributed by atoms with Crippen LogP contribution in [0.3, 0.4) is 0 Å². The second-order valence-electron chi connectivity index (χ2n) is 5.02. The number of hydrogen-bond donors (Lipinski definition) is 1. The van der Waals surface area contributed by atoms with E-state index in [4.69, 9.17) is 0 Å². The minimum absolute atomic E-state index is 0.460. The number of benzene rings is 1. The minimum atomic E-state index is -0.460. The maximum absolute atomic E-state index is 10.5. The molecule has 2 nitrogen and oxygen atoms in total. The minimum Gasteiger partial charge on any atom is -0.388 e. The molecule has 1 N–H and O–H groups in total. The van der Waals surface area contributed by atoms with Gasteiger partial charge in [-0.15, -0.1) is 0 Å². The fraction of sp³-hybridized carbons (Fsp3) is 0.353. The van der Waals surface area contributed by atoms with Crippen molar-refractivity contribution in [2.24, 2.45) is 0 Å². The molecule has 0 aliphatic rings. The van der Waals surface area contributed by atoms with Crippen LogP contribution in [0.25, 0.3) is 0 Å². The Morgan fingerprint density at radius 1 is 1.16 bits per heavy atom. The average molecular weight is 255 g/mol. The SMILES string of the molecule is CCc1cnccc1C(O)Cc1c(C)cccc1C. The van der Waals surface area contributed by atoms with Crippen molar-refractivity contribution < 1.29 is 5.11 Å². The monoisotopic (exact) mass is 255 g/mol. The molecule has 0 aliphatic carbocycles. The van der Waals surface area contributed by atoms with Gasteiger partial charge in [-0.1, -0.05) is 25.1 Å². The number of aryl methyl sites for hydroxylation is 3. The Morgan fingerprint density at radius 3 is 2.47 bits per heavy atom. The summed E-state index contributed by atoms with van der Waals surface area (Å²) in [5.74, 6) is 0. The van der Waals surface area contributed by atoms with Gasteiger partial charge in [0, 0.05) is 18.8 Å². The van der Waals surface area contributed by atoms with Gasteiger partial charge in [-0.3, -0.25) is 4.98 Å². The van der Waals surface area contributed by atoms with Crippen LogP contribution in [0.15, 0.2) is 36.7 Å². The van der Waals surface area contributed by atoms with Crippen LogP contribution in [0.2, 0.25) is 0 Å². The van der Waals surface area contributed by atoms with Gasteiger partial charge in [-0.2, -0.15) is 0 Å². The van der Waals surface area contributed by atoms with E-state index in [9.17, 15) is 5.11 Å². The van der Waals surface area contributed by atoms with Crippen molar-refractivity contribution in [3.8, 4) is 0 Å². The van der Waals surface area contributed by atoms with Gasteiger partial charge in [0.25, 0.3) is 0 Å². The van der Waals surface area contributed by atoms with Crippen molar-refractivity contribution in [2.45, 2.75) is 39.7 Å². The third-order valence-corrected chi connectivity index (χ3v) is 3.72. The van der Waals surface area contributed by atoms with E-state index in [1.807, 2.05) is 12.3 Å². The molecule has 0 radical (unpaired) electrons. The molecule has 2 aromatic rings. The third-order valence-electron chi connectivity index (χ3n) is 3.72. The van der Waals surface area contributed by atoms with Gasteiger partial charge in [-0.25, -0.2) is 0 Å². The molecule has 1 atom stereocenters. The molecule has 0 amide bonds. The van der Waals surface area contributed by atoms with Crippen LogP contribution in [0.5, 0.6) is 0 Å². The highest BCUT2D eigenvalue weighted by Crippen LogP contribution is 2.25. The molecular formula is C17H21NO. The number of aliphatic hydroxyl groups is 1. The van der Waals surface area contributed by atoms with Gasteiger partial charge in [0.1, 0.15) is 0 Å². The summed E-state index contributed by atoms with van der Waals surface area (Å²) < 4.78 is 0. The Kier molecular flexibility index (Phi) is 4.33. The number of aliphatic hydroxyl groups excluding tert-OH is 1. The lowest BCUT2D eigenvalue weighted by Crippen LogP contribution is -2.07. The molecule has 0 bridgehead atoms. The summed E-state index contributed by atoms with van der Waals surface area (Å²) in [7, 11) is 0. The first-order valence-electron chi connectivity index (χ1n) is 6.79. The molecule has 0 fully saturated rings. The molecule has 2 heteroatoms. The van der Waals surface area contributed by atoms with Gasteiger partial charge in [0.15, 0.2) is 0 Å². The Labute approximate surface area is 115 Å². The summed E-state index contributed by atoms with van der Waals surface area (Å²) in [5, 5.41) is 10.5. The average Bonchev–Trinajstić information content (AvgIpc) is 2.42. The molecule has 0 aliphatic heterocycles. The highest BCUT2D eigenvalue weighted by atomic mass is 16.3. The zero-order chi connectivity index (χ0) is 13.8. The predicted octanol–water partition coefficient (Wildman–Crippen LogP) is 3.54. The van der Waals surface area contributed by atoms with Crippen LogP contribution in [0.1, 0.15) is 40.8 Å². The first-order chi connectivity index (χ1) is 9.13. The summed E-state index contributed by atoms with van der Waals surface area (Å²) in [6, 6.07) is 8.19. The highest BCUT2D eigenvalue weighted by molar-refractivity contribution is 5.36. The molecule has 1 unspecified atom stereocenters. The molecule has 19 heavy (non-hydrogen) atoms. The van der Waals surface area contributed by atoms with E-state index in [0.717, 1.165) is 17.5 Å². The molecule has 0 saturated heterocycles. The van der Waals surface area contributed by atoms with Crippen LogP contribution in [-0.4, -0.2) is 10.1 Å². The summed E-state index contributed by atoms with van der Waals surface area (Å²) in [4.78, 5) is 4.13. The van der Waals surface area contributed by atoms with E-state index < -0.39 is 6.10 Å². The molecule has 0 saturated carbocycles. The second kappa shape index (κ2) is 5.98. The summed E-state index contributed by atoms with van der Waals surface area (Å²) >= 11 is 0. The van der Waals surface area contributed by atoms with E-state index in [1.165, 1.54) is 16.7 Å². The number of nitrogens with zero attached hydrogens (tertiary/aromatic N) is 1. The fourth-order valence-electron chi connectivity index (χ4n) is 2.53. The second-order valence-corrected chi connectivity index (χ2v) is 5.02. The number of rotatable bonds is 4. The van der Waals surface area contributed by atoms with Gasteiger partial charge in [0.2, 0.25) is 0 Å². The van der Waals surface area contributed by atoms with Crippen molar-refractivity contribution in [3.05, 3.63) is 64.5 Å². The Hall–Kier alpha value is -1.67. The Bertz CT molecular complexity index is 543. The Balaban J connectivity index is 2.28. The predicted molar refractivity (Wildman–Crippen MR) is 78.2 cm³/mol. The zero-order valence-corrected chi connectivity index (χ0v) is 11.9. The van der Waals surface area contributed by atoms with Gasteiger partial charge >= 0.3 is 0 Å². The number of aromatic nitrogens is 1. The van der Waals surface area contributed by atoms with E-state index in [2.05, 4.69) is 44.0 Å². The van der Waals surface area contributed by atoms with E-state index in [-0.39, 0.29) is 0 Å². The van der Waals surface area contributed by atoms with Crippen molar-refractivity contribution in [2.75, 3.05) is 0 Å². The van der Waals surface area contributed by atoms with Crippen molar-refractivity contribution in [3.63, 3.8) is 0 Å². The van der Waals surface area contributed by atoms with Crippen LogP contribution in [0.4, 0.5) is 0 Å². The van der Waals surface area contributed by atoms with Crippen LogP contribution >= 0.6 is 0 Å². The lowest BCUT2D eigenvalue weighted by molar-refractivity contribution is 0.177. The maximum atomic E-state index is 10.5. The largest absolute Gasteiger partial charge is 0.388 e. The first-order valence-corrected chi connectivity index (χ1v) is 6.79. The number of hydrogen-bond acceptors (Lipinski definition) is 2. The van der Waals surface area contributed by atoms with E-state index in [0.29, 0.717) is 6.42 Å². The highest BCUT2D eigenvalue weighted by Gasteiger charge is 2.14. The lowest BCUT2D eigenvalue weighted by atomic mass is 9.93. The van der Waals surface area contributed by atoms with Gasteiger partial charge in [0.05, 0.1) is 6.10 Å². The molecule has 0 spiro atoms. The summed E-state index contributed by atoms with van der Waals surface area (Å²) in [6.45, 7) is 6.29. The molecule has 100 valence electrons. The lowest BCUT2D eigenvalue weighted by Gasteiger charge is -2.17. The Morgan fingerprint density at radius 2 is 1.84 bits per heavy atom. The van der Waals surface area contributed by atoms with E-state index in [1.54, 1.807) is 6.20 Å². The van der Waals surface area contributed by atoms with Crippen molar-refractivity contribution in [1.82, 2.24) is 4.98 Å². The quantitative estimate of drug-likeness (QED) is 0.906. The molecule has 2 rings (SSSR count). The van der Waals surface area contributed by atoms with Crippen molar-refractivity contribution in [1.29, 1.82) is 0 Å². The summed E-state index contributed by atoms with van der Waals surface area (Å²) in [5.41, 5.74) is 5.85. The normalized spacial score (nSPS) is 12.4. The first kappa shape index (κ1) is 13.8. The molecule has 1 aromatic carbocycles. The molecular weight excluding hydrogens is 234 g/mol. The van der Waals surface area contributed by atoms with Crippen molar-refractivity contribution >= 4 is 0 Å². The maximum Gasteiger partial charge on any atom is 0.0834 e. The fourth-order valence-corrected chi connectivity index (χ4v) is 2.53. The third kappa shape index (κ3) is 3.02. The number of pyridine rings is 1. The summed E-state index contributed by atoms with van der Waals surface area (Å²) in [6.07, 6.45) is 4.70. The van der Waals surface area contributed by atoms with E-state index >= 15 is 0 Å².